The van der Waals surface area contributed by atoms with E-state index >= 15 is 0 Å². The molecule has 0 bridgehead atoms. The molecule has 22 heavy (non-hydrogen) atoms. The molecule has 1 amide bonds. The fraction of sp³-hybridized carbons (Fsp3) is 0.438. The number of aliphatic hydroxyl groups is 1. The standard InChI is InChI=1S/C16H17NO4S/c1-16(2)13(17-14(21)11(8-19)15(17)22-16)12(20)10-6-4-3-5-9(10)7-18/h3-7,11,13,15,19H,8H2,1-2H3/t11-,13+,15-/m1/s1. The number of fused-ring (bicyclic) bond motifs is 1. The number of Topliss-reactive ketones (excluding diaryl/α,β-unsaturated/α-hetero) is 1. The molecule has 6 heteroatoms. The number of carbonyl (C=O) groups is 3. The molecule has 0 unspecified atom stereocenters. The average Bonchev–Trinajstić information content (AvgIpc) is 2.75. The van der Waals surface area contributed by atoms with Crippen molar-refractivity contribution < 1.29 is 19.5 Å². The molecule has 116 valence electrons. The van der Waals surface area contributed by atoms with Gasteiger partial charge in [0.1, 0.15) is 6.04 Å². The van der Waals surface area contributed by atoms with Gasteiger partial charge in [0.05, 0.1) is 17.9 Å². The molecule has 2 aliphatic heterocycles. The Labute approximate surface area is 132 Å². The molecule has 2 heterocycles. The van der Waals surface area contributed by atoms with E-state index in [1.807, 2.05) is 13.8 Å². The lowest BCUT2D eigenvalue weighted by molar-refractivity contribution is -0.154. The Hall–Kier alpha value is -1.66. The van der Waals surface area contributed by atoms with Gasteiger partial charge in [-0.1, -0.05) is 24.3 Å². The number of β-lactam (4-membered cyclic amide) rings is 1. The summed E-state index contributed by atoms with van der Waals surface area (Å²) in [6, 6.07) is 6.02. The molecule has 1 N–H and O–H groups in total. The van der Waals surface area contributed by atoms with E-state index in [-0.39, 0.29) is 23.7 Å². The zero-order valence-electron chi connectivity index (χ0n) is 12.4. The van der Waals surface area contributed by atoms with Crippen LogP contribution in [0.1, 0.15) is 34.6 Å². The highest BCUT2D eigenvalue weighted by Gasteiger charge is 2.63. The van der Waals surface area contributed by atoms with Crippen LogP contribution in [0.2, 0.25) is 0 Å². The second-order valence-corrected chi connectivity index (χ2v) is 7.89. The summed E-state index contributed by atoms with van der Waals surface area (Å²) in [7, 11) is 0. The number of carbonyl (C=O) groups excluding carboxylic acids is 3. The predicted octanol–water partition coefficient (Wildman–Crippen LogP) is 1.35. The van der Waals surface area contributed by atoms with Crippen molar-refractivity contribution >= 4 is 29.7 Å². The van der Waals surface area contributed by atoms with Crippen LogP contribution >= 0.6 is 11.8 Å². The Morgan fingerprint density at radius 3 is 2.73 bits per heavy atom. The molecule has 0 aliphatic carbocycles. The Morgan fingerprint density at radius 1 is 1.41 bits per heavy atom. The van der Waals surface area contributed by atoms with E-state index in [0.717, 1.165) is 0 Å². The lowest BCUT2D eigenvalue weighted by Gasteiger charge is -2.43. The summed E-state index contributed by atoms with van der Waals surface area (Å²) in [4.78, 5) is 37.9. The highest BCUT2D eigenvalue weighted by atomic mass is 32.2. The molecule has 0 spiro atoms. The Bertz CT molecular complexity index is 657. The van der Waals surface area contributed by atoms with Crippen molar-refractivity contribution in [3.8, 4) is 0 Å². The molecule has 1 aromatic carbocycles. The number of amides is 1. The Balaban J connectivity index is 1.98. The third-order valence-electron chi connectivity index (χ3n) is 4.35. The quantitative estimate of drug-likeness (QED) is 0.515. The lowest BCUT2D eigenvalue weighted by Crippen LogP contribution is -2.63. The monoisotopic (exact) mass is 319 g/mol. The molecule has 0 radical (unpaired) electrons. The number of aliphatic hydroxyl groups excluding tert-OH is 1. The van der Waals surface area contributed by atoms with Gasteiger partial charge in [0, 0.05) is 15.9 Å². The normalized spacial score (nSPS) is 29.0. The van der Waals surface area contributed by atoms with Crippen LogP contribution in [-0.2, 0) is 4.79 Å². The van der Waals surface area contributed by atoms with Crippen LogP contribution in [0.15, 0.2) is 24.3 Å². The Kier molecular flexibility index (Phi) is 3.61. The van der Waals surface area contributed by atoms with Crippen molar-refractivity contribution in [3.63, 3.8) is 0 Å². The summed E-state index contributed by atoms with van der Waals surface area (Å²) < 4.78 is -0.461. The van der Waals surface area contributed by atoms with Gasteiger partial charge in [-0.15, -0.1) is 11.8 Å². The predicted molar refractivity (Wildman–Crippen MR) is 82.8 cm³/mol. The summed E-state index contributed by atoms with van der Waals surface area (Å²) in [6.07, 6.45) is 0.661. The van der Waals surface area contributed by atoms with Gasteiger partial charge in [-0.3, -0.25) is 14.4 Å². The maximum absolute atomic E-state index is 12.9. The number of aldehydes is 1. The number of hydrogen-bond donors (Lipinski definition) is 1. The van der Waals surface area contributed by atoms with Crippen molar-refractivity contribution in [2.75, 3.05) is 6.61 Å². The van der Waals surface area contributed by atoms with E-state index in [9.17, 15) is 19.5 Å². The highest BCUT2D eigenvalue weighted by molar-refractivity contribution is 8.01. The molecule has 1 aromatic rings. The topological polar surface area (TPSA) is 74.7 Å². The molecular weight excluding hydrogens is 302 g/mol. The van der Waals surface area contributed by atoms with E-state index in [2.05, 4.69) is 0 Å². The smallest absolute Gasteiger partial charge is 0.232 e. The van der Waals surface area contributed by atoms with Crippen LogP contribution in [0.4, 0.5) is 0 Å². The summed E-state index contributed by atoms with van der Waals surface area (Å²) in [6.45, 7) is 3.64. The first kappa shape index (κ1) is 15.2. The van der Waals surface area contributed by atoms with E-state index in [1.165, 1.54) is 11.8 Å². The van der Waals surface area contributed by atoms with Gasteiger partial charge in [0.2, 0.25) is 5.91 Å². The molecule has 0 saturated carbocycles. The van der Waals surface area contributed by atoms with Crippen molar-refractivity contribution in [3.05, 3.63) is 35.4 Å². The first-order valence-corrected chi connectivity index (χ1v) is 7.99. The van der Waals surface area contributed by atoms with Crippen molar-refractivity contribution in [1.82, 2.24) is 4.90 Å². The highest BCUT2D eigenvalue weighted by Crippen LogP contribution is 2.53. The van der Waals surface area contributed by atoms with Gasteiger partial charge in [-0.05, 0) is 13.8 Å². The third kappa shape index (κ3) is 2.01. The number of hydrogen-bond acceptors (Lipinski definition) is 5. The minimum absolute atomic E-state index is 0.162. The van der Waals surface area contributed by atoms with Crippen LogP contribution in [-0.4, -0.2) is 50.8 Å². The van der Waals surface area contributed by atoms with Gasteiger partial charge in [-0.25, -0.2) is 0 Å². The van der Waals surface area contributed by atoms with Gasteiger partial charge in [-0.2, -0.15) is 0 Å². The molecule has 2 fully saturated rings. The second kappa shape index (κ2) is 5.21. The molecule has 0 aromatic heterocycles. The summed E-state index contributed by atoms with van der Waals surface area (Å²) in [5.74, 6) is -0.830. The second-order valence-electron chi connectivity index (χ2n) is 6.12. The fourth-order valence-electron chi connectivity index (χ4n) is 3.26. The first-order chi connectivity index (χ1) is 10.4. The van der Waals surface area contributed by atoms with Gasteiger partial charge in [0.15, 0.2) is 12.1 Å². The van der Waals surface area contributed by atoms with E-state index in [4.69, 9.17) is 0 Å². The van der Waals surface area contributed by atoms with Crippen LogP contribution < -0.4 is 0 Å². The summed E-state index contributed by atoms with van der Waals surface area (Å²) >= 11 is 1.53. The summed E-state index contributed by atoms with van der Waals surface area (Å²) in [5, 5.41) is 9.14. The zero-order chi connectivity index (χ0) is 16.1. The van der Waals surface area contributed by atoms with Crippen LogP contribution in [0, 0.1) is 5.92 Å². The average molecular weight is 319 g/mol. The maximum atomic E-state index is 12.9. The van der Waals surface area contributed by atoms with E-state index < -0.39 is 16.7 Å². The third-order valence-corrected chi connectivity index (χ3v) is 5.98. The minimum atomic E-state index is -0.612. The summed E-state index contributed by atoms with van der Waals surface area (Å²) in [5.41, 5.74) is 0.681. The van der Waals surface area contributed by atoms with Gasteiger partial charge < -0.3 is 10.0 Å². The van der Waals surface area contributed by atoms with Crippen LogP contribution in [0.25, 0.3) is 0 Å². The van der Waals surface area contributed by atoms with E-state index in [1.54, 1.807) is 29.2 Å². The van der Waals surface area contributed by atoms with Crippen molar-refractivity contribution in [2.45, 2.75) is 30.0 Å². The molecule has 2 saturated heterocycles. The number of nitrogens with zero attached hydrogens (tertiary/aromatic N) is 1. The zero-order valence-corrected chi connectivity index (χ0v) is 13.2. The maximum Gasteiger partial charge on any atom is 0.232 e. The molecule has 2 aliphatic rings. The molecular formula is C16H17NO4S. The largest absolute Gasteiger partial charge is 0.395 e. The molecule has 5 nitrogen and oxygen atoms in total. The van der Waals surface area contributed by atoms with Crippen LogP contribution in [0.5, 0.6) is 0 Å². The number of rotatable bonds is 4. The fourth-order valence-corrected chi connectivity index (χ4v) is 4.93. The molecule has 3 rings (SSSR count). The molecule has 3 atom stereocenters. The number of thioether (sulfide) groups is 1. The minimum Gasteiger partial charge on any atom is -0.395 e. The van der Waals surface area contributed by atoms with E-state index in [0.29, 0.717) is 17.4 Å². The van der Waals surface area contributed by atoms with Crippen molar-refractivity contribution in [1.29, 1.82) is 0 Å². The van der Waals surface area contributed by atoms with Crippen LogP contribution in [0.3, 0.4) is 0 Å². The first-order valence-electron chi connectivity index (χ1n) is 7.11. The lowest BCUT2D eigenvalue weighted by atomic mass is 9.86. The van der Waals surface area contributed by atoms with Gasteiger partial charge in [0.25, 0.3) is 0 Å². The van der Waals surface area contributed by atoms with Gasteiger partial charge >= 0.3 is 0 Å². The SMILES string of the molecule is CC1(C)S[C@@H]2[C@H](CO)C(=O)N2[C@H]1C(=O)c1ccccc1C=O. The van der Waals surface area contributed by atoms with Crippen molar-refractivity contribution in [2.24, 2.45) is 5.92 Å². The Morgan fingerprint density at radius 2 is 2.09 bits per heavy atom. The number of ketones is 1. The number of benzene rings is 1.